The minimum absolute atomic E-state index is 0.0141. The molecular formula is C18H21FN2O3. The minimum atomic E-state index is -0.560. The molecule has 1 aromatic carbocycles. The van der Waals surface area contributed by atoms with Crippen LogP contribution in [0.5, 0.6) is 0 Å². The summed E-state index contributed by atoms with van der Waals surface area (Å²) < 4.78 is 20.0. The average molecular weight is 332 g/mol. The molecule has 1 heterocycles. The Labute approximate surface area is 140 Å². The summed E-state index contributed by atoms with van der Waals surface area (Å²) in [5.74, 6) is -1.22. The molecule has 0 spiro atoms. The smallest absolute Gasteiger partial charge is 0.340 e. The van der Waals surface area contributed by atoms with Crippen molar-refractivity contribution >= 4 is 11.9 Å². The van der Waals surface area contributed by atoms with Crippen LogP contribution in [0.15, 0.2) is 30.3 Å². The van der Waals surface area contributed by atoms with Crippen molar-refractivity contribution in [1.82, 2.24) is 9.88 Å². The van der Waals surface area contributed by atoms with E-state index in [1.807, 2.05) is 25.3 Å². The van der Waals surface area contributed by atoms with E-state index in [4.69, 9.17) is 4.74 Å². The molecule has 1 aromatic heterocycles. The third-order valence-electron chi connectivity index (χ3n) is 3.52. The highest BCUT2D eigenvalue weighted by molar-refractivity contribution is 5.93. The van der Waals surface area contributed by atoms with Crippen LogP contribution in [-0.4, -0.2) is 29.1 Å². The third kappa shape index (κ3) is 4.01. The summed E-state index contributed by atoms with van der Waals surface area (Å²) in [5, 5.41) is 2.66. The Kier molecular flexibility index (Phi) is 5.39. The maximum Gasteiger partial charge on any atom is 0.340 e. The molecule has 24 heavy (non-hydrogen) atoms. The van der Waals surface area contributed by atoms with Crippen molar-refractivity contribution < 1.29 is 18.7 Å². The number of ether oxygens (including phenoxy) is 1. The van der Waals surface area contributed by atoms with Gasteiger partial charge in [0.25, 0.3) is 5.91 Å². The molecule has 0 atom stereocenters. The fourth-order valence-electron chi connectivity index (χ4n) is 2.53. The average Bonchev–Trinajstić information content (AvgIpc) is 2.80. The van der Waals surface area contributed by atoms with E-state index in [1.54, 1.807) is 25.1 Å². The van der Waals surface area contributed by atoms with Crippen LogP contribution in [0.2, 0.25) is 0 Å². The molecule has 0 aliphatic carbocycles. The summed E-state index contributed by atoms with van der Waals surface area (Å²) >= 11 is 0. The highest BCUT2D eigenvalue weighted by atomic mass is 19.1. The maximum absolute atomic E-state index is 13.1. The van der Waals surface area contributed by atoms with Gasteiger partial charge >= 0.3 is 5.97 Å². The van der Waals surface area contributed by atoms with E-state index in [0.29, 0.717) is 11.3 Å². The van der Waals surface area contributed by atoms with Crippen molar-refractivity contribution in [2.45, 2.75) is 33.7 Å². The molecular weight excluding hydrogens is 311 g/mol. The van der Waals surface area contributed by atoms with Gasteiger partial charge < -0.3 is 14.6 Å². The van der Waals surface area contributed by atoms with E-state index in [-0.39, 0.29) is 24.4 Å². The Morgan fingerprint density at radius 3 is 2.42 bits per heavy atom. The molecule has 0 aliphatic heterocycles. The maximum atomic E-state index is 13.1. The standard InChI is InChI=1S/C18H21FN2O3/c1-11(2)20-17(22)10-24-18(23)16-9-12(3)21(13(16)4)15-7-5-14(19)6-8-15/h5-9,11H,10H2,1-4H3,(H,20,22). The Hall–Kier alpha value is -2.63. The van der Waals surface area contributed by atoms with Crippen LogP contribution >= 0.6 is 0 Å². The van der Waals surface area contributed by atoms with Crippen LogP contribution in [0.25, 0.3) is 5.69 Å². The van der Waals surface area contributed by atoms with Gasteiger partial charge in [-0.05, 0) is 58.0 Å². The second-order valence-electron chi connectivity index (χ2n) is 5.89. The predicted molar refractivity (Wildman–Crippen MR) is 88.8 cm³/mol. The summed E-state index contributed by atoms with van der Waals surface area (Å²) in [4.78, 5) is 23.8. The number of carbonyl (C=O) groups excluding carboxylic acids is 2. The number of halogens is 1. The minimum Gasteiger partial charge on any atom is -0.452 e. The van der Waals surface area contributed by atoms with Gasteiger partial charge in [0.1, 0.15) is 5.82 Å². The van der Waals surface area contributed by atoms with E-state index in [1.165, 1.54) is 12.1 Å². The van der Waals surface area contributed by atoms with Gasteiger partial charge in [-0.15, -0.1) is 0 Å². The Morgan fingerprint density at radius 1 is 1.21 bits per heavy atom. The van der Waals surface area contributed by atoms with Gasteiger partial charge in [0, 0.05) is 23.1 Å². The normalized spacial score (nSPS) is 10.8. The molecule has 2 rings (SSSR count). The molecule has 1 amide bonds. The largest absolute Gasteiger partial charge is 0.452 e. The molecule has 0 aliphatic rings. The van der Waals surface area contributed by atoms with Crippen LogP contribution in [0, 0.1) is 19.7 Å². The number of hydrogen-bond acceptors (Lipinski definition) is 3. The Morgan fingerprint density at radius 2 is 1.83 bits per heavy atom. The zero-order valence-corrected chi connectivity index (χ0v) is 14.2. The van der Waals surface area contributed by atoms with Crippen LogP contribution in [0.3, 0.4) is 0 Å². The van der Waals surface area contributed by atoms with Gasteiger partial charge in [0.2, 0.25) is 0 Å². The monoisotopic (exact) mass is 332 g/mol. The number of benzene rings is 1. The van der Waals surface area contributed by atoms with Gasteiger partial charge in [-0.3, -0.25) is 4.79 Å². The first-order valence-electron chi connectivity index (χ1n) is 7.71. The van der Waals surface area contributed by atoms with Crippen molar-refractivity contribution in [3.8, 4) is 5.69 Å². The second-order valence-corrected chi connectivity index (χ2v) is 5.89. The number of esters is 1. The van der Waals surface area contributed by atoms with Gasteiger partial charge in [0.05, 0.1) is 5.56 Å². The topological polar surface area (TPSA) is 60.3 Å². The lowest BCUT2D eigenvalue weighted by Gasteiger charge is -2.10. The quantitative estimate of drug-likeness (QED) is 0.857. The van der Waals surface area contributed by atoms with Crippen LogP contribution in [0.1, 0.15) is 35.6 Å². The third-order valence-corrected chi connectivity index (χ3v) is 3.52. The first kappa shape index (κ1) is 17.7. The summed E-state index contributed by atoms with van der Waals surface area (Å²) in [6.45, 7) is 6.96. The van der Waals surface area contributed by atoms with E-state index in [2.05, 4.69) is 5.32 Å². The predicted octanol–water partition coefficient (Wildman–Crippen LogP) is 2.91. The number of rotatable bonds is 5. The Balaban J connectivity index is 2.17. The Bertz CT molecular complexity index is 748. The summed E-state index contributed by atoms with van der Waals surface area (Å²) in [6, 6.07) is 7.69. The fraction of sp³-hybridized carbons (Fsp3) is 0.333. The number of aromatic nitrogens is 1. The molecule has 0 saturated carbocycles. The van der Waals surface area contributed by atoms with E-state index < -0.39 is 5.97 Å². The molecule has 0 radical (unpaired) electrons. The number of nitrogens with one attached hydrogen (secondary N) is 1. The number of hydrogen-bond donors (Lipinski definition) is 1. The van der Waals surface area contributed by atoms with Gasteiger partial charge in [0.15, 0.2) is 6.61 Å². The van der Waals surface area contributed by atoms with E-state index in [9.17, 15) is 14.0 Å². The lowest BCUT2D eigenvalue weighted by atomic mass is 10.2. The lowest BCUT2D eigenvalue weighted by molar-refractivity contribution is -0.124. The zero-order valence-electron chi connectivity index (χ0n) is 14.2. The van der Waals surface area contributed by atoms with Crippen LogP contribution < -0.4 is 5.32 Å². The number of carbonyl (C=O) groups is 2. The van der Waals surface area contributed by atoms with Gasteiger partial charge in [-0.1, -0.05) is 0 Å². The first-order valence-corrected chi connectivity index (χ1v) is 7.71. The summed E-state index contributed by atoms with van der Waals surface area (Å²) in [7, 11) is 0. The highest BCUT2D eigenvalue weighted by Gasteiger charge is 2.19. The zero-order chi connectivity index (χ0) is 17.9. The number of nitrogens with zero attached hydrogens (tertiary/aromatic N) is 1. The van der Waals surface area contributed by atoms with E-state index in [0.717, 1.165) is 11.4 Å². The highest BCUT2D eigenvalue weighted by Crippen LogP contribution is 2.21. The fourth-order valence-corrected chi connectivity index (χ4v) is 2.53. The SMILES string of the molecule is Cc1cc(C(=O)OCC(=O)NC(C)C)c(C)n1-c1ccc(F)cc1. The van der Waals surface area contributed by atoms with Crippen molar-refractivity contribution in [2.75, 3.05) is 6.61 Å². The molecule has 0 bridgehead atoms. The summed E-state index contributed by atoms with van der Waals surface area (Å²) in [5.41, 5.74) is 2.63. The van der Waals surface area contributed by atoms with Crippen LogP contribution in [0.4, 0.5) is 4.39 Å². The molecule has 5 nitrogen and oxygen atoms in total. The van der Waals surface area contributed by atoms with Crippen LogP contribution in [-0.2, 0) is 9.53 Å². The molecule has 1 N–H and O–H groups in total. The number of amides is 1. The molecule has 0 saturated heterocycles. The molecule has 0 unspecified atom stereocenters. The molecule has 2 aromatic rings. The molecule has 6 heteroatoms. The first-order chi connectivity index (χ1) is 11.3. The molecule has 0 fully saturated rings. The summed E-state index contributed by atoms with van der Waals surface area (Å²) in [6.07, 6.45) is 0. The van der Waals surface area contributed by atoms with Crippen molar-refractivity contribution in [3.05, 3.63) is 53.1 Å². The van der Waals surface area contributed by atoms with E-state index >= 15 is 0 Å². The number of aryl methyl sites for hydroxylation is 1. The second kappa shape index (κ2) is 7.29. The van der Waals surface area contributed by atoms with Crippen molar-refractivity contribution in [2.24, 2.45) is 0 Å². The van der Waals surface area contributed by atoms with Gasteiger partial charge in [-0.25, -0.2) is 9.18 Å². The van der Waals surface area contributed by atoms with Gasteiger partial charge in [-0.2, -0.15) is 0 Å². The van der Waals surface area contributed by atoms with Crippen molar-refractivity contribution in [3.63, 3.8) is 0 Å². The lowest BCUT2D eigenvalue weighted by Crippen LogP contribution is -2.34. The van der Waals surface area contributed by atoms with Crippen molar-refractivity contribution in [1.29, 1.82) is 0 Å². The molecule has 128 valence electrons.